The summed E-state index contributed by atoms with van der Waals surface area (Å²) in [6, 6.07) is 4.92. The molecule has 0 aliphatic rings. The van der Waals surface area contributed by atoms with Crippen LogP contribution in [0.5, 0.6) is 0 Å². The molecule has 1 aromatic carbocycles. The lowest BCUT2D eigenvalue weighted by molar-refractivity contribution is 0.0697. The SMILES string of the molecule is Cc1nc(CNCc2ccc(C(=O)O)cc2Br)no1. The van der Waals surface area contributed by atoms with Crippen molar-refractivity contribution in [1.82, 2.24) is 15.5 Å². The van der Waals surface area contributed by atoms with Crippen molar-refractivity contribution in [2.45, 2.75) is 20.0 Å². The topological polar surface area (TPSA) is 88.2 Å². The van der Waals surface area contributed by atoms with E-state index in [1.54, 1.807) is 25.1 Å². The fourth-order valence-electron chi connectivity index (χ4n) is 1.55. The summed E-state index contributed by atoms with van der Waals surface area (Å²) in [5.74, 6) is 0.182. The zero-order chi connectivity index (χ0) is 13.8. The molecule has 0 radical (unpaired) electrons. The normalized spacial score (nSPS) is 10.6. The van der Waals surface area contributed by atoms with Crippen molar-refractivity contribution in [3.05, 3.63) is 45.5 Å². The molecule has 0 aliphatic carbocycles. The Labute approximate surface area is 118 Å². The van der Waals surface area contributed by atoms with E-state index in [1.807, 2.05) is 0 Å². The minimum atomic E-state index is -0.942. The number of nitrogens with zero attached hydrogens (tertiary/aromatic N) is 2. The van der Waals surface area contributed by atoms with Crippen LogP contribution in [-0.4, -0.2) is 21.2 Å². The molecule has 0 atom stereocenters. The average molecular weight is 326 g/mol. The van der Waals surface area contributed by atoms with Crippen LogP contribution in [0, 0.1) is 6.92 Å². The van der Waals surface area contributed by atoms with Gasteiger partial charge in [-0.1, -0.05) is 27.2 Å². The number of aromatic nitrogens is 2. The first-order valence-electron chi connectivity index (χ1n) is 5.58. The van der Waals surface area contributed by atoms with E-state index in [9.17, 15) is 4.79 Å². The third kappa shape index (κ3) is 3.62. The standard InChI is InChI=1S/C12H12BrN3O3/c1-7-15-11(16-19-7)6-14-5-9-3-2-8(12(17)18)4-10(9)13/h2-4,14H,5-6H2,1H3,(H,17,18). The monoisotopic (exact) mass is 325 g/mol. The number of hydrogen-bond donors (Lipinski definition) is 2. The lowest BCUT2D eigenvalue weighted by Crippen LogP contribution is -2.14. The molecular weight excluding hydrogens is 314 g/mol. The fraction of sp³-hybridized carbons (Fsp3) is 0.250. The maximum atomic E-state index is 10.8. The first-order chi connectivity index (χ1) is 9.06. The summed E-state index contributed by atoms with van der Waals surface area (Å²) in [6.45, 7) is 2.80. The first kappa shape index (κ1) is 13.7. The number of aryl methyl sites for hydroxylation is 1. The smallest absolute Gasteiger partial charge is 0.335 e. The van der Waals surface area contributed by atoms with E-state index in [1.165, 1.54) is 0 Å². The molecule has 1 heterocycles. The van der Waals surface area contributed by atoms with Crippen molar-refractivity contribution in [1.29, 1.82) is 0 Å². The Kier molecular flexibility index (Phi) is 4.28. The second kappa shape index (κ2) is 5.94. The average Bonchev–Trinajstić information content (AvgIpc) is 2.77. The van der Waals surface area contributed by atoms with E-state index in [0.29, 0.717) is 24.8 Å². The van der Waals surface area contributed by atoms with E-state index in [0.717, 1.165) is 10.0 Å². The van der Waals surface area contributed by atoms with Crippen molar-refractivity contribution in [2.75, 3.05) is 0 Å². The lowest BCUT2D eigenvalue weighted by Gasteiger charge is -2.06. The van der Waals surface area contributed by atoms with Gasteiger partial charge >= 0.3 is 5.97 Å². The van der Waals surface area contributed by atoms with Gasteiger partial charge in [0.15, 0.2) is 5.82 Å². The highest BCUT2D eigenvalue weighted by Gasteiger charge is 2.07. The Bertz CT molecular complexity index is 598. The van der Waals surface area contributed by atoms with E-state index in [-0.39, 0.29) is 5.56 Å². The van der Waals surface area contributed by atoms with Gasteiger partial charge in [-0.2, -0.15) is 4.98 Å². The lowest BCUT2D eigenvalue weighted by atomic mass is 10.1. The van der Waals surface area contributed by atoms with Crippen LogP contribution < -0.4 is 5.32 Å². The molecular formula is C12H12BrN3O3. The third-order valence-corrected chi connectivity index (χ3v) is 3.21. The van der Waals surface area contributed by atoms with Crippen LogP contribution >= 0.6 is 15.9 Å². The summed E-state index contributed by atoms with van der Waals surface area (Å²) in [7, 11) is 0. The van der Waals surface area contributed by atoms with Gasteiger partial charge in [-0.15, -0.1) is 0 Å². The van der Waals surface area contributed by atoms with Gasteiger partial charge in [-0.05, 0) is 17.7 Å². The van der Waals surface area contributed by atoms with Crippen LogP contribution in [0.3, 0.4) is 0 Å². The van der Waals surface area contributed by atoms with Crippen molar-refractivity contribution < 1.29 is 14.4 Å². The maximum absolute atomic E-state index is 10.8. The molecule has 2 N–H and O–H groups in total. The third-order valence-electron chi connectivity index (χ3n) is 2.47. The molecule has 0 spiro atoms. The molecule has 0 amide bonds. The van der Waals surface area contributed by atoms with Crippen molar-refractivity contribution in [2.24, 2.45) is 0 Å². The summed E-state index contributed by atoms with van der Waals surface area (Å²) in [5.41, 5.74) is 1.22. The molecule has 0 saturated heterocycles. The Morgan fingerprint density at radius 2 is 2.26 bits per heavy atom. The molecule has 0 saturated carbocycles. The van der Waals surface area contributed by atoms with E-state index in [4.69, 9.17) is 9.63 Å². The van der Waals surface area contributed by atoms with Gasteiger partial charge in [-0.25, -0.2) is 4.79 Å². The first-order valence-corrected chi connectivity index (χ1v) is 6.37. The number of aromatic carboxylic acids is 1. The van der Waals surface area contributed by atoms with E-state index >= 15 is 0 Å². The minimum Gasteiger partial charge on any atom is -0.478 e. The molecule has 0 bridgehead atoms. The summed E-state index contributed by atoms with van der Waals surface area (Å²) in [5, 5.41) is 15.8. The number of hydrogen-bond acceptors (Lipinski definition) is 5. The highest BCUT2D eigenvalue weighted by Crippen LogP contribution is 2.18. The second-order valence-corrected chi connectivity index (χ2v) is 4.80. The second-order valence-electron chi connectivity index (χ2n) is 3.94. The van der Waals surface area contributed by atoms with Crippen molar-refractivity contribution in [3.63, 3.8) is 0 Å². The summed E-state index contributed by atoms with van der Waals surface area (Å²) in [4.78, 5) is 14.9. The number of benzene rings is 1. The molecule has 1 aromatic heterocycles. The van der Waals surface area contributed by atoms with Gasteiger partial charge in [0, 0.05) is 17.9 Å². The molecule has 6 nitrogen and oxygen atoms in total. The Morgan fingerprint density at radius 1 is 1.47 bits per heavy atom. The van der Waals surface area contributed by atoms with Crippen LogP contribution in [0.15, 0.2) is 27.2 Å². The maximum Gasteiger partial charge on any atom is 0.335 e. The Morgan fingerprint density at radius 3 is 2.84 bits per heavy atom. The van der Waals surface area contributed by atoms with E-state index in [2.05, 4.69) is 31.4 Å². The Hall–Kier alpha value is -1.73. The Balaban J connectivity index is 1.94. The molecule has 0 fully saturated rings. The number of nitrogens with one attached hydrogen (secondary N) is 1. The van der Waals surface area contributed by atoms with Gasteiger partial charge in [0.1, 0.15) is 0 Å². The molecule has 2 aromatic rings. The highest BCUT2D eigenvalue weighted by molar-refractivity contribution is 9.10. The van der Waals surface area contributed by atoms with Gasteiger partial charge < -0.3 is 14.9 Å². The van der Waals surface area contributed by atoms with Crippen LogP contribution in [0.25, 0.3) is 0 Å². The molecule has 7 heteroatoms. The van der Waals surface area contributed by atoms with Gasteiger partial charge in [-0.3, -0.25) is 0 Å². The zero-order valence-corrected chi connectivity index (χ0v) is 11.8. The number of carbonyl (C=O) groups is 1. The van der Waals surface area contributed by atoms with Gasteiger partial charge in [0.25, 0.3) is 0 Å². The molecule has 100 valence electrons. The zero-order valence-electron chi connectivity index (χ0n) is 10.2. The largest absolute Gasteiger partial charge is 0.478 e. The minimum absolute atomic E-state index is 0.254. The predicted octanol–water partition coefficient (Wildman–Crippen LogP) is 2.13. The van der Waals surface area contributed by atoms with Gasteiger partial charge in [0.05, 0.1) is 12.1 Å². The van der Waals surface area contributed by atoms with E-state index < -0.39 is 5.97 Å². The van der Waals surface area contributed by atoms with Crippen LogP contribution in [0.2, 0.25) is 0 Å². The quantitative estimate of drug-likeness (QED) is 0.875. The molecule has 0 aliphatic heterocycles. The van der Waals surface area contributed by atoms with Crippen molar-refractivity contribution in [3.8, 4) is 0 Å². The summed E-state index contributed by atoms with van der Waals surface area (Å²) >= 11 is 3.35. The highest BCUT2D eigenvalue weighted by atomic mass is 79.9. The van der Waals surface area contributed by atoms with Crippen LogP contribution in [-0.2, 0) is 13.1 Å². The van der Waals surface area contributed by atoms with Gasteiger partial charge in [0.2, 0.25) is 5.89 Å². The molecule has 19 heavy (non-hydrogen) atoms. The fourth-order valence-corrected chi connectivity index (χ4v) is 2.06. The summed E-state index contributed by atoms with van der Waals surface area (Å²) in [6.07, 6.45) is 0. The van der Waals surface area contributed by atoms with Crippen LogP contribution in [0.1, 0.15) is 27.6 Å². The van der Waals surface area contributed by atoms with Crippen LogP contribution in [0.4, 0.5) is 0 Å². The van der Waals surface area contributed by atoms with Crippen molar-refractivity contribution >= 4 is 21.9 Å². The number of rotatable bonds is 5. The molecule has 0 unspecified atom stereocenters. The predicted molar refractivity (Wildman–Crippen MR) is 70.7 cm³/mol. The summed E-state index contributed by atoms with van der Waals surface area (Å²) < 4.78 is 5.61. The number of carboxylic acid groups (broad SMARTS) is 1. The molecule has 2 rings (SSSR count). The number of halogens is 1. The number of carboxylic acids is 1.